The molecule has 1 amide bonds. The molecule has 0 unspecified atom stereocenters. The number of aliphatic hydroxyl groups is 1. The minimum Gasteiger partial charge on any atom is -0.496 e. The second-order valence-corrected chi connectivity index (χ2v) is 10.6. The van der Waals surface area contributed by atoms with Crippen molar-refractivity contribution < 1.29 is 14.6 Å². The Morgan fingerprint density at radius 3 is 2.61 bits per heavy atom. The molecule has 0 spiro atoms. The maximum Gasteiger partial charge on any atom is 0.292 e. The van der Waals surface area contributed by atoms with Gasteiger partial charge in [0.25, 0.3) is 5.91 Å². The summed E-state index contributed by atoms with van der Waals surface area (Å²) in [6.07, 6.45) is 8.55. The van der Waals surface area contributed by atoms with Crippen LogP contribution in [0.4, 0.5) is 5.82 Å². The number of benzene rings is 1. The molecule has 5 aromatic rings. The van der Waals surface area contributed by atoms with Crippen LogP contribution < -0.4 is 10.5 Å². The number of fused-ring (bicyclic) bond motifs is 3. The number of nitrogens with one attached hydrogen (secondary N) is 1. The molecule has 4 N–H and O–H groups in total. The van der Waals surface area contributed by atoms with Crippen molar-refractivity contribution in [3.63, 3.8) is 0 Å². The van der Waals surface area contributed by atoms with Gasteiger partial charge >= 0.3 is 0 Å². The Balaban J connectivity index is 1.17. The molecule has 12 nitrogen and oxygen atoms in total. The highest BCUT2D eigenvalue weighted by molar-refractivity contribution is 5.91. The number of nitrogens with zero attached hydrogens (tertiary/aromatic N) is 7. The van der Waals surface area contributed by atoms with E-state index in [9.17, 15) is 9.90 Å². The van der Waals surface area contributed by atoms with Crippen molar-refractivity contribution in [1.29, 1.82) is 0 Å². The van der Waals surface area contributed by atoms with Crippen LogP contribution >= 0.6 is 0 Å². The first kappa shape index (κ1) is 25.1. The molecule has 7 rings (SSSR count). The number of piperidine rings is 1. The van der Waals surface area contributed by atoms with Gasteiger partial charge in [-0.1, -0.05) is 6.07 Å². The average molecular weight is 552 g/mol. The molecule has 208 valence electrons. The van der Waals surface area contributed by atoms with Gasteiger partial charge in [-0.25, -0.2) is 4.98 Å². The summed E-state index contributed by atoms with van der Waals surface area (Å²) in [4.78, 5) is 27.6. The number of rotatable bonds is 6. The lowest BCUT2D eigenvalue weighted by Crippen LogP contribution is -2.46. The van der Waals surface area contributed by atoms with Gasteiger partial charge in [-0.2, -0.15) is 9.61 Å². The van der Waals surface area contributed by atoms with Gasteiger partial charge < -0.3 is 25.5 Å². The standard InChI is InChI=1S/C29H29N9O3/c1-41-25-7-3-16(8-19(25)14-39)23-6-2-17(12-31-23)22-13-34-38-26(30)11-24(35-28(22)38)18-9-20-4-5-21(10-18)37(20)29(40)27-32-15-33-36-27/h2-3,6-8,11-13,15,18,20-21,39H,4-5,9-10,14,30H2,1H3,(H,32,33,36)/t18-,20+,21-. The first-order chi connectivity index (χ1) is 20.0. The van der Waals surface area contributed by atoms with Crippen LogP contribution in [0.1, 0.15) is 53.5 Å². The number of pyridine rings is 1. The average Bonchev–Trinajstić information content (AvgIpc) is 3.75. The Hall–Kier alpha value is -4.84. The zero-order valence-electron chi connectivity index (χ0n) is 22.4. The molecule has 0 radical (unpaired) electrons. The van der Waals surface area contributed by atoms with Crippen LogP contribution in [0.25, 0.3) is 28.0 Å². The van der Waals surface area contributed by atoms with Crippen LogP contribution in [0.3, 0.4) is 0 Å². The summed E-state index contributed by atoms with van der Waals surface area (Å²) in [5, 5.41) is 21.9. The number of nitrogen functional groups attached to an aromatic ring is 1. The van der Waals surface area contributed by atoms with E-state index in [0.29, 0.717) is 22.8 Å². The zero-order chi connectivity index (χ0) is 28.1. The van der Waals surface area contributed by atoms with E-state index < -0.39 is 0 Å². The molecule has 3 atom stereocenters. The van der Waals surface area contributed by atoms with Crippen molar-refractivity contribution in [1.82, 2.24) is 39.7 Å². The minimum absolute atomic E-state index is 0.0902. The van der Waals surface area contributed by atoms with Crippen molar-refractivity contribution in [2.24, 2.45) is 0 Å². The van der Waals surface area contributed by atoms with Crippen LogP contribution in [0, 0.1) is 0 Å². The van der Waals surface area contributed by atoms with Gasteiger partial charge in [0, 0.05) is 58.2 Å². The number of amides is 1. The van der Waals surface area contributed by atoms with Crippen LogP contribution in [-0.2, 0) is 6.61 Å². The second-order valence-electron chi connectivity index (χ2n) is 10.6. The molecule has 2 aliphatic heterocycles. The minimum atomic E-state index is -0.120. The quantitative estimate of drug-likeness (QED) is 0.288. The topological polar surface area (TPSA) is 160 Å². The lowest BCUT2D eigenvalue weighted by molar-refractivity contribution is 0.0557. The number of carbonyl (C=O) groups is 1. The number of ether oxygens (including phenoxy) is 1. The number of aromatic amines is 1. The molecule has 2 aliphatic rings. The summed E-state index contributed by atoms with van der Waals surface area (Å²) in [5.74, 6) is 1.53. The molecule has 6 heterocycles. The number of nitrogens with two attached hydrogens (primary N) is 1. The number of carbonyl (C=O) groups excluding carboxylic acids is 1. The SMILES string of the molecule is COc1ccc(-c2ccc(-c3cnn4c(N)cc([C@H]5C[C@H]6CC[C@@H](C5)N6C(=O)c5nnc[nH]5)nc34)cn2)cc1CO. The summed E-state index contributed by atoms with van der Waals surface area (Å²) >= 11 is 0. The van der Waals surface area contributed by atoms with Gasteiger partial charge in [0.2, 0.25) is 5.82 Å². The lowest BCUT2D eigenvalue weighted by atomic mass is 9.87. The first-order valence-corrected chi connectivity index (χ1v) is 13.6. The molecule has 0 saturated carbocycles. The van der Waals surface area contributed by atoms with Crippen molar-refractivity contribution in [2.45, 2.75) is 50.3 Å². The Morgan fingerprint density at radius 1 is 1.12 bits per heavy atom. The molecule has 0 aliphatic carbocycles. The Kier molecular flexibility index (Phi) is 6.11. The third-order valence-corrected chi connectivity index (χ3v) is 8.35. The zero-order valence-corrected chi connectivity index (χ0v) is 22.4. The Morgan fingerprint density at radius 2 is 1.93 bits per heavy atom. The van der Waals surface area contributed by atoms with Crippen molar-refractivity contribution in [3.05, 3.63) is 72.2 Å². The number of anilines is 1. The van der Waals surface area contributed by atoms with Gasteiger partial charge in [-0.15, -0.1) is 10.2 Å². The largest absolute Gasteiger partial charge is 0.496 e. The molecular weight excluding hydrogens is 522 g/mol. The summed E-state index contributed by atoms with van der Waals surface area (Å²) in [5.41, 5.74) is 12.1. The van der Waals surface area contributed by atoms with Crippen molar-refractivity contribution in [3.8, 4) is 28.1 Å². The Labute approximate surface area is 235 Å². The van der Waals surface area contributed by atoms with Crippen LogP contribution in [0.5, 0.6) is 5.75 Å². The molecule has 12 heteroatoms. The van der Waals surface area contributed by atoms with Gasteiger partial charge in [0.1, 0.15) is 17.9 Å². The fourth-order valence-corrected chi connectivity index (χ4v) is 6.39. The van der Waals surface area contributed by atoms with E-state index in [4.69, 9.17) is 15.5 Å². The van der Waals surface area contributed by atoms with Crippen molar-refractivity contribution >= 4 is 17.4 Å². The third kappa shape index (κ3) is 4.27. The number of H-pyrrole nitrogens is 1. The van der Waals surface area contributed by atoms with E-state index >= 15 is 0 Å². The Bertz CT molecular complexity index is 1720. The van der Waals surface area contributed by atoms with E-state index in [2.05, 4.69) is 25.3 Å². The number of hydrogen-bond acceptors (Lipinski definition) is 9. The molecular formula is C29H29N9O3. The maximum absolute atomic E-state index is 13.1. The molecule has 2 saturated heterocycles. The fraction of sp³-hybridized carbons (Fsp3) is 0.310. The van der Waals surface area contributed by atoms with E-state index in [0.717, 1.165) is 53.8 Å². The highest BCUT2D eigenvalue weighted by Gasteiger charge is 2.45. The smallest absolute Gasteiger partial charge is 0.292 e. The monoisotopic (exact) mass is 551 g/mol. The predicted molar refractivity (Wildman–Crippen MR) is 150 cm³/mol. The fourth-order valence-electron chi connectivity index (χ4n) is 6.39. The van der Waals surface area contributed by atoms with E-state index in [1.165, 1.54) is 6.33 Å². The molecule has 1 aromatic carbocycles. The second kappa shape index (κ2) is 9.97. The number of aromatic nitrogens is 7. The van der Waals surface area contributed by atoms with E-state index in [1.54, 1.807) is 24.0 Å². The van der Waals surface area contributed by atoms with Gasteiger partial charge in [-0.05, 0) is 49.9 Å². The number of methoxy groups -OCH3 is 1. The summed E-state index contributed by atoms with van der Waals surface area (Å²) in [6, 6.07) is 11.7. The molecule has 2 bridgehead atoms. The van der Waals surface area contributed by atoms with Gasteiger partial charge in [0.15, 0.2) is 5.65 Å². The van der Waals surface area contributed by atoms with Gasteiger partial charge in [0.05, 0.1) is 25.6 Å². The third-order valence-electron chi connectivity index (χ3n) is 8.35. The normalized spacial score (nSPS) is 20.0. The maximum atomic E-state index is 13.1. The highest BCUT2D eigenvalue weighted by Crippen LogP contribution is 2.43. The van der Waals surface area contributed by atoms with Crippen LogP contribution in [-0.4, -0.2) is 69.9 Å². The van der Waals surface area contributed by atoms with Gasteiger partial charge in [-0.3, -0.25) is 9.78 Å². The summed E-state index contributed by atoms with van der Waals surface area (Å²) in [6.45, 7) is -0.120. The number of hydrogen-bond donors (Lipinski definition) is 3. The lowest BCUT2D eigenvalue weighted by Gasteiger charge is -2.38. The summed E-state index contributed by atoms with van der Waals surface area (Å²) < 4.78 is 6.97. The van der Waals surface area contributed by atoms with E-state index in [-0.39, 0.29) is 36.3 Å². The molecule has 41 heavy (non-hydrogen) atoms. The molecule has 4 aromatic heterocycles. The summed E-state index contributed by atoms with van der Waals surface area (Å²) in [7, 11) is 1.58. The van der Waals surface area contributed by atoms with Crippen molar-refractivity contribution in [2.75, 3.05) is 12.8 Å². The highest BCUT2D eigenvalue weighted by atomic mass is 16.5. The van der Waals surface area contributed by atoms with Crippen LogP contribution in [0.2, 0.25) is 0 Å². The molecule has 2 fully saturated rings. The predicted octanol–water partition coefficient (Wildman–Crippen LogP) is 3.21. The van der Waals surface area contributed by atoms with Crippen LogP contribution in [0.15, 0.2) is 55.1 Å². The van der Waals surface area contributed by atoms with E-state index in [1.807, 2.05) is 41.3 Å². The first-order valence-electron chi connectivity index (χ1n) is 13.6. The number of aliphatic hydroxyl groups excluding tert-OH is 1.